The molecule has 0 amide bonds. The third-order valence-corrected chi connectivity index (χ3v) is 5.30. The minimum atomic E-state index is -0.668. The van der Waals surface area contributed by atoms with Crippen molar-refractivity contribution in [2.45, 2.75) is 142 Å². The number of aliphatic carboxylic acids is 2. The molecule has 0 aromatic carbocycles. The molecule has 1 radical (unpaired) electrons. The first-order valence-electron chi connectivity index (χ1n) is 13.3. The molecule has 0 saturated heterocycles. The molecule has 0 aromatic heterocycles. The van der Waals surface area contributed by atoms with E-state index >= 15 is 0 Å². The van der Waals surface area contributed by atoms with Crippen LogP contribution in [0, 0.1) is 0 Å². The SMILES string of the molecule is CCCC/C=C\CCCCCCCC(=O)O.CCCC/C=C\CCCCCCCC(=O)O.[Cu]. The molecule has 4 nitrogen and oxygen atoms in total. The minimum absolute atomic E-state index is 0. The van der Waals surface area contributed by atoms with Gasteiger partial charge in [-0.3, -0.25) is 9.59 Å². The van der Waals surface area contributed by atoms with E-state index in [4.69, 9.17) is 10.2 Å². The normalized spacial score (nSPS) is 10.7. The van der Waals surface area contributed by atoms with Crippen molar-refractivity contribution in [1.82, 2.24) is 0 Å². The number of hydrogen-bond acceptors (Lipinski definition) is 2. The van der Waals surface area contributed by atoms with Gasteiger partial charge in [-0.05, 0) is 51.4 Å². The van der Waals surface area contributed by atoms with E-state index in [2.05, 4.69) is 38.2 Å². The largest absolute Gasteiger partial charge is 0.481 e. The summed E-state index contributed by atoms with van der Waals surface area (Å²) in [5.41, 5.74) is 0. The molecule has 0 fully saturated rings. The summed E-state index contributed by atoms with van der Waals surface area (Å²) in [6.45, 7) is 4.43. The molecule has 0 saturated carbocycles. The Hall–Kier alpha value is -1.06. The van der Waals surface area contributed by atoms with Crippen LogP contribution in [-0.2, 0) is 26.7 Å². The summed E-state index contributed by atoms with van der Waals surface area (Å²) in [6, 6.07) is 0. The molecular weight excluding hydrogens is 464 g/mol. The Balaban J connectivity index is -0.000000529. The van der Waals surface area contributed by atoms with Crippen molar-refractivity contribution < 1.29 is 36.9 Å². The van der Waals surface area contributed by atoms with E-state index in [1.54, 1.807) is 0 Å². The second-order valence-corrected chi connectivity index (χ2v) is 8.63. The fraction of sp³-hybridized carbons (Fsp3) is 0.786. The first-order valence-corrected chi connectivity index (χ1v) is 13.3. The Kier molecular flexibility index (Phi) is 36.6. The first kappa shape index (κ1) is 36.5. The molecule has 0 aliphatic rings. The molecule has 33 heavy (non-hydrogen) atoms. The van der Waals surface area contributed by atoms with E-state index in [9.17, 15) is 9.59 Å². The quantitative estimate of drug-likeness (QED) is 0.0855. The second kappa shape index (κ2) is 33.1. The summed E-state index contributed by atoms with van der Waals surface area (Å²) in [6.07, 6.45) is 30.8. The Labute approximate surface area is 215 Å². The monoisotopic (exact) mass is 515 g/mol. The smallest absolute Gasteiger partial charge is 0.303 e. The number of carbonyl (C=O) groups is 2. The Morgan fingerprint density at radius 2 is 0.758 bits per heavy atom. The molecule has 0 bridgehead atoms. The van der Waals surface area contributed by atoms with Crippen LogP contribution in [-0.4, -0.2) is 22.2 Å². The molecule has 5 heteroatoms. The molecule has 0 aliphatic heterocycles. The third kappa shape index (κ3) is 41.7. The van der Waals surface area contributed by atoms with Gasteiger partial charge in [-0.1, -0.05) is 102 Å². The maximum absolute atomic E-state index is 10.3. The Morgan fingerprint density at radius 1 is 0.485 bits per heavy atom. The van der Waals surface area contributed by atoms with E-state index in [0.29, 0.717) is 12.8 Å². The average molecular weight is 516 g/mol. The number of allylic oxidation sites excluding steroid dienone is 4. The summed E-state index contributed by atoms with van der Waals surface area (Å²) in [4.78, 5) is 20.5. The van der Waals surface area contributed by atoms with Gasteiger partial charge >= 0.3 is 11.9 Å². The van der Waals surface area contributed by atoms with Crippen molar-refractivity contribution in [3.63, 3.8) is 0 Å². The summed E-state index contributed by atoms with van der Waals surface area (Å²) in [5.74, 6) is -1.34. The van der Waals surface area contributed by atoms with E-state index in [0.717, 1.165) is 25.7 Å². The zero-order valence-electron chi connectivity index (χ0n) is 21.5. The van der Waals surface area contributed by atoms with Crippen molar-refractivity contribution in [1.29, 1.82) is 0 Å². The average Bonchev–Trinajstić information content (AvgIpc) is 2.76. The number of carboxylic acid groups (broad SMARTS) is 2. The summed E-state index contributed by atoms with van der Waals surface area (Å²) < 4.78 is 0. The molecule has 0 rings (SSSR count). The maximum atomic E-state index is 10.3. The fourth-order valence-electron chi connectivity index (χ4n) is 3.25. The molecule has 0 spiro atoms. The zero-order chi connectivity index (χ0) is 24.1. The molecular formula is C28H52CuO4. The number of rotatable bonds is 22. The molecule has 0 atom stereocenters. The molecule has 0 aliphatic carbocycles. The minimum Gasteiger partial charge on any atom is -0.481 e. The van der Waals surface area contributed by atoms with E-state index in [-0.39, 0.29) is 17.1 Å². The van der Waals surface area contributed by atoms with Crippen molar-refractivity contribution >= 4 is 11.9 Å². The van der Waals surface area contributed by atoms with Crippen molar-refractivity contribution in [3.05, 3.63) is 24.3 Å². The van der Waals surface area contributed by atoms with E-state index in [1.807, 2.05) is 0 Å². The Bertz CT molecular complexity index is 419. The van der Waals surface area contributed by atoms with Gasteiger partial charge in [-0.25, -0.2) is 0 Å². The van der Waals surface area contributed by atoms with Crippen molar-refractivity contribution in [3.8, 4) is 0 Å². The van der Waals surface area contributed by atoms with Gasteiger partial charge in [-0.15, -0.1) is 0 Å². The number of unbranched alkanes of at least 4 members (excludes halogenated alkanes) is 14. The van der Waals surface area contributed by atoms with Gasteiger partial charge in [0.1, 0.15) is 0 Å². The molecule has 0 unspecified atom stereocenters. The van der Waals surface area contributed by atoms with Crippen molar-refractivity contribution in [2.75, 3.05) is 0 Å². The maximum Gasteiger partial charge on any atom is 0.303 e. The summed E-state index contributed by atoms with van der Waals surface area (Å²) >= 11 is 0. The molecule has 0 aromatic rings. The van der Waals surface area contributed by atoms with E-state index in [1.165, 1.54) is 89.9 Å². The van der Waals surface area contributed by atoms with Gasteiger partial charge in [0.2, 0.25) is 0 Å². The van der Waals surface area contributed by atoms with Gasteiger partial charge in [0.15, 0.2) is 0 Å². The first-order chi connectivity index (χ1) is 15.5. The van der Waals surface area contributed by atoms with Gasteiger partial charge < -0.3 is 10.2 Å². The topological polar surface area (TPSA) is 74.6 Å². The second-order valence-electron chi connectivity index (χ2n) is 8.63. The van der Waals surface area contributed by atoms with Crippen LogP contribution in [0.3, 0.4) is 0 Å². The third-order valence-electron chi connectivity index (χ3n) is 5.30. The van der Waals surface area contributed by atoms with Crippen LogP contribution in [0.25, 0.3) is 0 Å². The van der Waals surface area contributed by atoms with Crippen LogP contribution in [0.15, 0.2) is 24.3 Å². The van der Waals surface area contributed by atoms with Crippen LogP contribution < -0.4 is 0 Å². The van der Waals surface area contributed by atoms with Crippen molar-refractivity contribution in [2.24, 2.45) is 0 Å². The number of carboxylic acids is 2. The molecule has 199 valence electrons. The zero-order valence-corrected chi connectivity index (χ0v) is 22.4. The Morgan fingerprint density at radius 3 is 1.06 bits per heavy atom. The van der Waals surface area contributed by atoms with Gasteiger partial charge in [0.05, 0.1) is 0 Å². The van der Waals surface area contributed by atoms with Crippen LogP contribution in [0.1, 0.15) is 142 Å². The predicted octanol–water partition coefficient (Wildman–Crippen LogP) is 9.09. The van der Waals surface area contributed by atoms with Gasteiger partial charge in [0, 0.05) is 29.9 Å². The summed E-state index contributed by atoms with van der Waals surface area (Å²) in [7, 11) is 0. The fourth-order valence-corrected chi connectivity index (χ4v) is 3.25. The van der Waals surface area contributed by atoms with Crippen LogP contribution in [0.2, 0.25) is 0 Å². The molecule has 0 heterocycles. The standard InChI is InChI=1S/2C14H26O2.Cu/c2*1-2-3-4-5-6-7-8-9-10-11-12-13-14(15)16;/h2*5-6H,2-4,7-13H2,1H3,(H,15,16);/b2*6-5-;. The predicted molar refractivity (Wildman–Crippen MR) is 137 cm³/mol. The summed E-state index contributed by atoms with van der Waals surface area (Å²) in [5, 5.41) is 16.9. The van der Waals surface area contributed by atoms with Gasteiger partial charge in [-0.2, -0.15) is 0 Å². The van der Waals surface area contributed by atoms with Crippen LogP contribution in [0.5, 0.6) is 0 Å². The van der Waals surface area contributed by atoms with E-state index < -0.39 is 11.9 Å². The number of hydrogen-bond donors (Lipinski definition) is 2. The van der Waals surface area contributed by atoms with Gasteiger partial charge in [0.25, 0.3) is 0 Å². The molecule has 2 N–H and O–H groups in total. The van der Waals surface area contributed by atoms with Crippen LogP contribution in [0.4, 0.5) is 0 Å². The van der Waals surface area contributed by atoms with Crippen LogP contribution >= 0.6 is 0 Å².